The summed E-state index contributed by atoms with van der Waals surface area (Å²) in [5.74, 6) is 1.70. The molecule has 1 aromatic carbocycles. The minimum atomic E-state index is -0.715. The number of ether oxygens (including phenoxy) is 1. The van der Waals surface area contributed by atoms with E-state index in [4.69, 9.17) is 20.8 Å². The zero-order chi connectivity index (χ0) is 30.2. The van der Waals surface area contributed by atoms with Gasteiger partial charge >= 0.3 is 0 Å². The second-order valence-electron chi connectivity index (χ2n) is 11.4. The summed E-state index contributed by atoms with van der Waals surface area (Å²) in [5.41, 5.74) is 3.57. The monoisotopic (exact) mass is 609 g/mol. The summed E-state index contributed by atoms with van der Waals surface area (Å²) in [6, 6.07) is 7.41. The number of aliphatic hydroxyl groups is 1. The summed E-state index contributed by atoms with van der Waals surface area (Å²) >= 11 is 6.65. The fourth-order valence-corrected chi connectivity index (χ4v) is 6.17. The highest BCUT2D eigenvalue weighted by Gasteiger charge is 2.24. The van der Waals surface area contributed by atoms with Gasteiger partial charge in [-0.25, -0.2) is 4.98 Å². The zero-order valence-electron chi connectivity index (χ0n) is 24.6. The van der Waals surface area contributed by atoms with Crippen molar-refractivity contribution < 1.29 is 23.8 Å². The quantitative estimate of drug-likeness (QED) is 0.316. The topological polar surface area (TPSA) is 121 Å². The Hall–Kier alpha value is -3.47. The molecule has 2 N–H and O–H groups in total. The number of piperidine rings is 1. The number of aliphatic hydroxyl groups excluding tert-OH is 1. The fraction of sp³-hybridized carbons (Fsp3) is 0.500. The van der Waals surface area contributed by atoms with Crippen LogP contribution in [0.1, 0.15) is 65.5 Å². The molecule has 2 aliphatic rings. The summed E-state index contributed by atoms with van der Waals surface area (Å²) in [7, 11) is 0. The Labute approximate surface area is 257 Å². The minimum absolute atomic E-state index is 0.152. The van der Waals surface area contributed by atoms with Gasteiger partial charge in [0, 0.05) is 63.1 Å². The van der Waals surface area contributed by atoms with Crippen molar-refractivity contribution >= 4 is 23.4 Å². The molecule has 230 valence electrons. The van der Waals surface area contributed by atoms with Crippen molar-refractivity contribution in [2.45, 2.75) is 64.7 Å². The van der Waals surface area contributed by atoms with E-state index in [-0.39, 0.29) is 25.0 Å². The van der Waals surface area contributed by atoms with Crippen LogP contribution in [0.15, 0.2) is 47.5 Å². The van der Waals surface area contributed by atoms with E-state index in [2.05, 4.69) is 20.2 Å². The third-order valence-electron chi connectivity index (χ3n) is 8.21. The van der Waals surface area contributed by atoms with Gasteiger partial charge in [-0.15, -0.1) is 0 Å². The average molecular weight is 610 g/mol. The Morgan fingerprint density at radius 3 is 2.84 bits per heavy atom. The zero-order valence-corrected chi connectivity index (χ0v) is 25.4. The molecule has 0 saturated carbocycles. The number of nitrogens with one attached hydrogen (secondary N) is 1. The average Bonchev–Trinajstić information content (AvgIpc) is 3.54. The lowest BCUT2D eigenvalue weighted by Gasteiger charge is -2.32. The summed E-state index contributed by atoms with van der Waals surface area (Å²) in [6.07, 6.45) is 8.84. The van der Waals surface area contributed by atoms with Crippen LogP contribution in [0.3, 0.4) is 0 Å². The molecule has 0 radical (unpaired) electrons. The molecule has 1 fully saturated rings. The Kier molecular flexibility index (Phi) is 10.7. The molecule has 3 aromatic rings. The van der Waals surface area contributed by atoms with Crippen molar-refractivity contribution in [3.63, 3.8) is 0 Å². The van der Waals surface area contributed by atoms with Crippen molar-refractivity contribution in [3.8, 4) is 5.75 Å². The Balaban J connectivity index is 1.06. The molecular weight excluding hydrogens is 570 g/mol. The number of rotatable bonds is 12. The molecule has 2 amide bonds. The van der Waals surface area contributed by atoms with E-state index in [1.165, 1.54) is 6.39 Å². The standard InChI is InChI=1S/C32H40ClN5O5/c1-2-3-30(40)38-12-7-22(8-13-38)14-25-15-23(6-10-35-25)32(41)36-16-26(39)19-37-11-9-28-24(18-37)4-5-29(31(28)33)42-20-27-17-34-21-43-27/h4-6,10,15,17,21-22,26,39H,2-3,7-9,11-14,16,18-20H2,1H3,(H,36,41)/t26-/m0/s1. The lowest BCUT2D eigenvalue weighted by molar-refractivity contribution is -0.132. The van der Waals surface area contributed by atoms with Gasteiger partial charge in [0.05, 0.1) is 17.3 Å². The van der Waals surface area contributed by atoms with Crippen LogP contribution in [-0.4, -0.2) is 75.5 Å². The van der Waals surface area contributed by atoms with Crippen LogP contribution in [0.5, 0.6) is 5.75 Å². The molecule has 10 nitrogen and oxygen atoms in total. The summed E-state index contributed by atoms with van der Waals surface area (Å²) in [6.45, 7) is 5.84. The molecule has 1 saturated heterocycles. The van der Waals surface area contributed by atoms with Gasteiger partial charge in [-0.2, -0.15) is 0 Å². The summed E-state index contributed by atoms with van der Waals surface area (Å²) in [4.78, 5) is 37.5. The molecule has 0 unspecified atom stereocenters. The van der Waals surface area contributed by atoms with Gasteiger partial charge in [0.25, 0.3) is 5.91 Å². The molecule has 1 atom stereocenters. The number of hydrogen-bond acceptors (Lipinski definition) is 8. The third kappa shape index (κ3) is 8.34. The first kappa shape index (κ1) is 31.0. The summed E-state index contributed by atoms with van der Waals surface area (Å²) in [5, 5.41) is 14.2. The van der Waals surface area contributed by atoms with Gasteiger partial charge < -0.3 is 24.5 Å². The molecule has 4 heterocycles. The van der Waals surface area contributed by atoms with Crippen molar-refractivity contribution in [1.29, 1.82) is 0 Å². The van der Waals surface area contributed by atoms with E-state index in [0.29, 0.717) is 47.5 Å². The number of likely N-dealkylation sites (tertiary alicyclic amines) is 1. The van der Waals surface area contributed by atoms with Crippen LogP contribution < -0.4 is 10.1 Å². The SMILES string of the molecule is CCCC(=O)N1CCC(Cc2cc(C(=O)NC[C@H](O)CN3CCc4c(ccc(OCc5cnco5)c4Cl)C3)ccn2)CC1. The van der Waals surface area contributed by atoms with Gasteiger partial charge in [0.15, 0.2) is 12.2 Å². The van der Waals surface area contributed by atoms with Crippen LogP contribution in [0, 0.1) is 5.92 Å². The number of benzene rings is 1. The largest absolute Gasteiger partial charge is 0.484 e. The molecule has 43 heavy (non-hydrogen) atoms. The number of carbonyl (C=O) groups excluding carboxylic acids is 2. The second kappa shape index (κ2) is 14.8. The number of oxazole rings is 1. The number of hydrogen-bond donors (Lipinski definition) is 2. The number of carbonyl (C=O) groups is 2. The van der Waals surface area contributed by atoms with Gasteiger partial charge in [-0.05, 0) is 67.3 Å². The first-order valence-corrected chi connectivity index (χ1v) is 15.5. The number of fused-ring (bicyclic) bond motifs is 1. The number of aromatic nitrogens is 2. The van der Waals surface area contributed by atoms with Crippen LogP contribution in [0.25, 0.3) is 0 Å². The molecule has 5 rings (SSSR count). The highest BCUT2D eigenvalue weighted by molar-refractivity contribution is 6.33. The van der Waals surface area contributed by atoms with E-state index in [0.717, 1.165) is 68.6 Å². The van der Waals surface area contributed by atoms with Crippen molar-refractivity contribution in [1.82, 2.24) is 25.1 Å². The maximum atomic E-state index is 12.9. The Morgan fingerprint density at radius 2 is 2.07 bits per heavy atom. The van der Waals surface area contributed by atoms with Crippen LogP contribution >= 0.6 is 11.6 Å². The maximum Gasteiger partial charge on any atom is 0.251 e. The highest BCUT2D eigenvalue weighted by atomic mass is 35.5. The van der Waals surface area contributed by atoms with Crippen molar-refractivity contribution in [2.75, 3.05) is 32.7 Å². The van der Waals surface area contributed by atoms with E-state index in [1.54, 1.807) is 18.5 Å². The molecular formula is C32H40ClN5O5. The summed E-state index contributed by atoms with van der Waals surface area (Å²) < 4.78 is 11.0. The van der Waals surface area contributed by atoms with Gasteiger partial charge in [0.1, 0.15) is 12.4 Å². The lowest BCUT2D eigenvalue weighted by Crippen LogP contribution is -2.42. The van der Waals surface area contributed by atoms with Crippen LogP contribution in [-0.2, 0) is 30.8 Å². The number of β-amino-alcohol motifs (C(OH)–C–C–N with tert-alkyl or cyclic N) is 1. The van der Waals surface area contributed by atoms with E-state index in [9.17, 15) is 14.7 Å². The van der Waals surface area contributed by atoms with Gasteiger partial charge in [-0.1, -0.05) is 24.6 Å². The second-order valence-corrected chi connectivity index (χ2v) is 11.8. The predicted octanol–water partition coefficient (Wildman–Crippen LogP) is 4.03. The smallest absolute Gasteiger partial charge is 0.251 e. The van der Waals surface area contributed by atoms with Crippen LogP contribution in [0.4, 0.5) is 0 Å². The Bertz CT molecular complexity index is 1380. The molecule has 0 aliphatic carbocycles. The van der Waals surface area contributed by atoms with E-state index < -0.39 is 6.10 Å². The van der Waals surface area contributed by atoms with Gasteiger partial charge in [0.2, 0.25) is 5.91 Å². The number of halogens is 1. The maximum absolute atomic E-state index is 12.9. The lowest BCUT2D eigenvalue weighted by atomic mass is 9.91. The van der Waals surface area contributed by atoms with Crippen molar-refractivity contribution in [3.05, 3.63) is 76.2 Å². The molecule has 0 spiro atoms. The Morgan fingerprint density at radius 1 is 1.23 bits per heavy atom. The molecule has 2 aromatic heterocycles. The fourth-order valence-electron chi connectivity index (χ4n) is 5.84. The van der Waals surface area contributed by atoms with E-state index >= 15 is 0 Å². The number of pyridine rings is 1. The van der Waals surface area contributed by atoms with Gasteiger partial charge in [-0.3, -0.25) is 19.5 Å². The highest BCUT2D eigenvalue weighted by Crippen LogP contribution is 2.34. The van der Waals surface area contributed by atoms with Crippen LogP contribution in [0.2, 0.25) is 5.02 Å². The molecule has 0 bridgehead atoms. The first-order chi connectivity index (χ1) is 20.9. The predicted molar refractivity (Wildman–Crippen MR) is 162 cm³/mol. The number of amides is 2. The first-order valence-electron chi connectivity index (χ1n) is 15.1. The number of nitrogens with zero attached hydrogens (tertiary/aromatic N) is 4. The third-order valence-corrected chi connectivity index (χ3v) is 8.62. The molecule has 2 aliphatic heterocycles. The molecule has 11 heteroatoms. The minimum Gasteiger partial charge on any atom is -0.484 e. The van der Waals surface area contributed by atoms with Crippen molar-refractivity contribution in [2.24, 2.45) is 5.92 Å². The normalized spacial score (nSPS) is 16.5. The van der Waals surface area contributed by atoms with E-state index in [1.807, 2.05) is 30.0 Å².